The van der Waals surface area contributed by atoms with Crippen LogP contribution in [0.2, 0.25) is 0 Å². The van der Waals surface area contributed by atoms with E-state index in [0.717, 1.165) is 42.7 Å². The number of hydrogen-bond acceptors (Lipinski definition) is 8. The van der Waals surface area contributed by atoms with E-state index in [1.165, 1.54) is 0 Å². The summed E-state index contributed by atoms with van der Waals surface area (Å²) in [7, 11) is 0. The van der Waals surface area contributed by atoms with Crippen molar-refractivity contribution < 1.29 is 0 Å². The van der Waals surface area contributed by atoms with E-state index >= 15 is 0 Å². The van der Waals surface area contributed by atoms with E-state index in [1.807, 2.05) is 6.07 Å². The van der Waals surface area contributed by atoms with Crippen LogP contribution >= 0.6 is 11.3 Å². The topological polar surface area (TPSA) is 79.7 Å². The highest BCUT2D eigenvalue weighted by Crippen LogP contribution is 2.31. The zero-order valence-corrected chi connectivity index (χ0v) is 13.9. The standard InChI is InChI=1S/C16H17N7S/c1-3-12(10-23(8-1)15-19-4-2-5-20-15)13-11-24-16(21-13)22-14-9-17-6-7-18-14/h2,4-7,9,11-12H,1,3,8,10H2,(H,18,21,22)/t12-/m0/s1. The molecule has 8 heteroatoms. The largest absolute Gasteiger partial charge is 0.340 e. The van der Waals surface area contributed by atoms with Gasteiger partial charge in [-0.3, -0.25) is 4.98 Å². The smallest absolute Gasteiger partial charge is 0.225 e. The minimum atomic E-state index is 0.399. The van der Waals surface area contributed by atoms with Gasteiger partial charge < -0.3 is 10.2 Å². The molecule has 0 bridgehead atoms. The van der Waals surface area contributed by atoms with Crippen LogP contribution in [0.1, 0.15) is 24.5 Å². The van der Waals surface area contributed by atoms with Crippen molar-refractivity contribution in [2.24, 2.45) is 0 Å². The van der Waals surface area contributed by atoms with Gasteiger partial charge >= 0.3 is 0 Å². The van der Waals surface area contributed by atoms with Crippen molar-refractivity contribution >= 4 is 28.2 Å². The summed E-state index contributed by atoms with van der Waals surface area (Å²) in [6.45, 7) is 1.90. The minimum absolute atomic E-state index is 0.399. The normalized spacial score (nSPS) is 17.7. The first kappa shape index (κ1) is 14.9. The molecule has 0 amide bonds. The van der Waals surface area contributed by atoms with Crippen LogP contribution in [0.25, 0.3) is 0 Å². The highest BCUT2D eigenvalue weighted by molar-refractivity contribution is 7.13. The predicted octanol–water partition coefficient (Wildman–Crippen LogP) is 2.85. The molecule has 3 aromatic heterocycles. The lowest BCUT2D eigenvalue weighted by Crippen LogP contribution is -2.35. The first-order valence-corrected chi connectivity index (χ1v) is 8.77. The predicted molar refractivity (Wildman–Crippen MR) is 93.6 cm³/mol. The molecule has 1 atom stereocenters. The van der Waals surface area contributed by atoms with Gasteiger partial charge in [0.2, 0.25) is 5.95 Å². The number of hydrogen-bond donors (Lipinski definition) is 1. The van der Waals surface area contributed by atoms with Gasteiger partial charge in [-0.15, -0.1) is 11.3 Å². The number of nitrogens with one attached hydrogen (secondary N) is 1. The van der Waals surface area contributed by atoms with E-state index in [-0.39, 0.29) is 0 Å². The maximum absolute atomic E-state index is 4.73. The fraction of sp³-hybridized carbons (Fsp3) is 0.312. The molecule has 4 heterocycles. The zero-order valence-electron chi connectivity index (χ0n) is 13.0. The van der Waals surface area contributed by atoms with Crippen molar-refractivity contribution in [2.45, 2.75) is 18.8 Å². The van der Waals surface area contributed by atoms with Crippen LogP contribution < -0.4 is 10.2 Å². The Kier molecular flexibility index (Phi) is 4.28. The molecule has 1 N–H and O–H groups in total. The summed E-state index contributed by atoms with van der Waals surface area (Å²) >= 11 is 1.60. The quantitative estimate of drug-likeness (QED) is 0.783. The third-order valence-corrected chi connectivity index (χ3v) is 4.77. The monoisotopic (exact) mass is 339 g/mol. The molecule has 24 heavy (non-hydrogen) atoms. The second-order valence-corrected chi connectivity index (χ2v) is 6.49. The van der Waals surface area contributed by atoms with Crippen molar-refractivity contribution in [2.75, 3.05) is 23.3 Å². The Morgan fingerprint density at radius 1 is 1.12 bits per heavy atom. The summed E-state index contributed by atoms with van der Waals surface area (Å²) in [5.41, 5.74) is 1.12. The molecular formula is C16H17N7S. The number of anilines is 3. The third-order valence-electron chi connectivity index (χ3n) is 3.99. The summed E-state index contributed by atoms with van der Waals surface area (Å²) < 4.78 is 0. The summed E-state index contributed by atoms with van der Waals surface area (Å²) in [6, 6.07) is 1.84. The minimum Gasteiger partial charge on any atom is -0.340 e. The van der Waals surface area contributed by atoms with E-state index in [4.69, 9.17) is 4.98 Å². The number of rotatable bonds is 4. The maximum atomic E-state index is 4.73. The van der Waals surface area contributed by atoms with E-state index in [2.05, 4.69) is 35.5 Å². The van der Waals surface area contributed by atoms with Crippen molar-refractivity contribution in [3.05, 3.63) is 48.1 Å². The molecule has 0 unspecified atom stereocenters. The second kappa shape index (κ2) is 6.88. The van der Waals surface area contributed by atoms with Crippen LogP contribution in [0.5, 0.6) is 0 Å². The molecule has 0 saturated carbocycles. The van der Waals surface area contributed by atoms with Crippen molar-refractivity contribution in [3.63, 3.8) is 0 Å². The zero-order chi connectivity index (χ0) is 16.2. The molecule has 0 radical (unpaired) electrons. The van der Waals surface area contributed by atoms with E-state index < -0.39 is 0 Å². The molecule has 4 rings (SSSR count). The highest BCUT2D eigenvalue weighted by Gasteiger charge is 2.24. The fourth-order valence-corrected chi connectivity index (χ4v) is 3.66. The molecule has 7 nitrogen and oxygen atoms in total. The SMILES string of the molecule is c1cnc(N2CCC[C@H](c3csc(Nc4cnccn4)n3)C2)nc1. The number of aromatic nitrogens is 5. The lowest BCUT2D eigenvalue weighted by Gasteiger charge is -2.31. The Labute approximate surface area is 143 Å². The Hall–Kier alpha value is -2.61. The van der Waals surface area contributed by atoms with E-state index in [1.54, 1.807) is 42.3 Å². The van der Waals surface area contributed by atoms with Crippen molar-refractivity contribution in [3.8, 4) is 0 Å². The van der Waals surface area contributed by atoms with Gasteiger partial charge in [-0.1, -0.05) is 0 Å². The fourth-order valence-electron chi connectivity index (χ4n) is 2.86. The Balaban J connectivity index is 1.46. The van der Waals surface area contributed by atoms with Crippen LogP contribution in [0.3, 0.4) is 0 Å². The van der Waals surface area contributed by atoms with Gasteiger partial charge in [0.15, 0.2) is 10.9 Å². The lowest BCUT2D eigenvalue weighted by molar-refractivity contribution is 0.497. The van der Waals surface area contributed by atoms with Crippen molar-refractivity contribution in [1.29, 1.82) is 0 Å². The second-order valence-electron chi connectivity index (χ2n) is 5.63. The van der Waals surface area contributed by atoms with Gasteiger partial charge in [0, 0.05) is 49.2 Å². The average molecular weight is 339 g/mol. The first-order valence-electron chi connectivity index (χ1n) is 7.89. The van der Waals surface area contributed by atoms with Crippen LogP contribution in [-0.2, 0) is 0 Å². The molecule has 1 aliphatic heterocycles. The van der Waals surface area contributed by atoms with E-state index in [9.17, 15) is 0 Å². The van der Waals surface area contributed by atoms with Gasteiger partial charge in [-0.05, 0) is 18.9 Å². The molecule has 3 aromatic rings. The lowest BCUT2D eigenvalue weighted by atomic mass is 9.96. The average Bonchev–Trinajstić information content (AvgIpc) is 3.12. The highest BCUT2D eigenvalue weighted by atomic mass is 32.1. The molecule has 0 aliphatic carbocycles. The summed E-state index contributed by atoms with van der Waals surface area (Å²) in [5, 5.41) is 6.17. The Bertz CT molecular complexity index is 777. The summed E-state index contributed by atoms with van der Waals surface area (Å²) in [4.78, 5) is 24.0. The Morgan fingerprint density at radius 3 is 2.88 bits per heavy atom. The number of thiazole rings is 1. The first-order chi connectivity index (χ1) is 11.9. The van der Waals surface area contributed by atoms with Crippen LogP contribution in [0.4, 0.5) is 16.9 Å². The Morgan fingerprint density at radius 2 is 2.04 bits per heavy atom. The van der Waals surface area contributed by atoms with Gasteiger partial charge in [-0.25, -0.2) is 19.9 Å². The van der Waals surface area contributed by atoms with Gasteiger partial charge in [-0.2, -0.15) is 0 Å². The van der Waals surface area contributed by atoms with Crippen LogP contribution in [0.15, 0.2) is 42.4 Å². The van der Waals surface area contributed by atoms with Gasteiger partial charge in [0.25, 0.3) is 0 Å². The van der Waals surface area contributed by atoms with Crippen LogP contribution in [0, 0.1) is 0 Å². The number of nitrogens with zero attached hydrogens (tertiary/aromatic N) is 6. The molecular weight excluding hydrogens is 322 g/mol. The molecule has 1 saturated heterocycles. The molecule has 1 fully saturated rings. The molecule has 122 valence electrons. The summed E-state index contributed by atoms with van der Waals surface area (Å²) in [6.07, 6.45) is 10.8. The van der Waals surface area contributed by atoms with E-state index in [0.29, 0.717) is 11.7 Å². The molecule has 1 aliphatic rings. The third kappa shape index (κ3) is 3.33. The summed E-state index contributed by atoms with van der Waals surface area (Å²) in [5.74, 6) is 1.91. The van der Waals surface area contributed by atoms with Gasteiger partial charge in [0.05, 0.1) is 11.9 Å². The van der Waals surface area contributed by atoms with Crippen molar-refractivity contribution in [1.82, 2.24) is 24.9 Å². The maximum Gasteiger partial charge on any atom is 0.225 e. The van der Waals surface area contributed by atoms with Gasteiger partial charge in [0.1, 0.15) is 0 Å². The molecule has 0 spiro atoms. The number of piperidine rings is 1. The molecule has 0 aromatic carbocycles. The van der Waals surface area contributed by atoms with Crippen LogP contribution in [-0.4, -0.2) is 38.0 Å².